The van der Waals surface area contributed by atoms with E-state index >= 15 is 0 Å². The number of amides is 1. The molecule has 0 saturated carbocycles. The first-order chi connectivity index (χ1) is 11.6. The van der Waals surface area contributed by atoms with Crippen molar-refractivity contribution in [1.29, 1.82) is 0 Å². The molecule has 122 valence electrons. The van der Waals surface area contributed by atoms with Gasteiger partial charge < -0.3 is 9.73 Å². The van der Waals surface area contributed by atoms with Gasteiger partial charge in [-0.25, -0.2) is 4.98 Å². The first-order valence-corrected chi connectivity index (χ1v) is 8.20. The average molecular weight is 362 g/mol. The topological polar surface area (TPSA) is 93.8 Å². The molecular formula is C15H12ClN5O2S. The van der Waals surface area contributed by atoms with Crippen molar-refractivity contribution in [3.05, 3.63) is 47.9 Å². The molecule has 0 saturated heterocycles. The highest BCUT2D eigenvalue weighted by molar-refractivity contribution is 8.00. The van der Waals surface area contributed by atoms with Crippen LogP contribution in [0.15, 0.2) is 52.5 Å². The normalized spacial score (nSPS) is 11.9. The van der Waals surface area contributed by atoms with Crippen molar-refractivity contribution in [3.8, 4) is 11.5 Å². The zero-order valence-corrected chi connectivity index (χ0v) is 14.1. The van der Waals surface area contributed by atoms with Crippen LogP contribution in [0.2, 0.25) is 5.02 Å². The molecule has 7 nitrogen and oxygen atoms in total. The molecule has 3 rings (SSSR count). The van der Waals surface area contributed by atoms with Crippen molar-refractivity contribution in [1.82, 2.24) is 20.2 Å². The molecule has 0 aliphatic carbocycles. The maximum absolute atomic E-state index is 12.2. The zero-order valence-electron chi connectivity index (χ0n) is 12.5. The Morgan fingerprint density at radius 3 is 2.88 bits per heavy atom. The van der Waals surface area contributed by atoms with Gasteiger partial charge in [0.2, 0.25) is 11.8 Å². The predicted molar refractivity (Wildman–Crippen MR) is 90.7 cm³/mol. The molecule has 3 aromatic heterocycles. The Morgan fingerprint density at radius 2 is 2.17 bits per heavy atom. The van der Waals surface area contributed by atoms with E-state index in [0.717, 1.165) is 17.3 Å². The summed E-state index contributed by atoms with van der Waals surface area (Å²) in [6.07, 6.45) is 4.75. The predicted octanol–water partition coefficient (Wildman–Crippen LogP) is 3.30. The summed E-state index contributed by atoms with van der Waals surface area (Å²) < 4.78 is 5.54. The van der Waals surface area contributed by atoms with Crippen LogP contribution in [0.4, 0.5) is 5.82 Å². The maximum atomic E-state index is 12.2. The molecule has 24 heavy (non-hydrogen) atoms. The summed E-state index contributed by atoms with van der Waals surface area (Å²) in [7, 11) is 0. The largest absolute Gasteiger partial charge is 0.411 e. The van der Waals surface area contributed by atoms with Crippen LogP contribution in [0.25, 0.3) is 11.5 Å². The summed E-state index contributed by atoms with van der Waals surface area (Å²) in [6.45, 7) is 1.74. The lowest BCUT2D eigenvalue weighted by Crippen LogP contribution is -2.22. The monoisotopic (exact) mass is 361 g/mol. The lowest BCUT2D eigenvalue weighted by atomic mass is 10.3. The summed E-state index contributed by atoms with van der Waals surface area (Å²) in [5.74, 6) is 0.562. The minimum Gasteiger partial charge on any atom is -0.411 e. The van der Waals surface area contributed by atoms with Crippen molar-refractivity contribution in [2.24, 2.45) is 0 Å². The highest BCUT2D eigenvalue weighted by Gasteiger charge is 2.19. The van der Waals surface area contributed by atoms with Gasteiger partial charge >= 0.3 is 0 Å². The van der Waals surface area contributed by atoms with E-state index in [-0.39, 0.29) is 5.91 Å². The van der Waals surface area contributed by atoms with Gasteiger partial charge in [0, 0.05) is 18.6 Å². The van der Waals surface area contributed by atoms with Crippen molar-refractivity contribution in [3.63, 3.8) is 0 Å². The Bertz CT molecular complexity index is 825. The lowest BCUT2D eigenvalue weighted by Gasteiger charge is -2.09. The number of carbonyl (C=O) groups excluding carboxylic acids is 1. The number of nitrogens with one attached hydrogen (secondary N) is 1. The average Bonchev–Trinajstić information content (AvgIpc) is 3.06. The number of anilines is 1. The van der Waals surface area contributed by atoms with Crippen LogP contribution >= 0.6 is 23.4 Å². The van der Waals surface area contributed by atoms with E-state index in [1.54, 1.807) is 37.5 Å². The molecule has 1 amide bonds. The SMILES string of the molecule is C[C@@H](Sc1nnc(-c2cccnc2)o1)C(=O)Nc1ccc(Cl)cn1. The Balaban J connectivity index is 1.62. The summed E-state index contributed by atoms with van der Waals surface area (Å²) in [6, 6.07) is 6.88. The van der Waals surface area contributed by atoms with Gasteiger partial charge in [0.1, 0.15) is 5.82 Å². The Kier molecular flexibility index (Phi) is 5.07. The lowest BCUT2D eigenvalue weighted by molar-refractivity contribution is -0.115. The second-order valence-corrected chi connectivity index (χ2v) is 6.45. The molecular weight excluding hydrogens is 350 g/mol. The van der Waals surface area contributed by atoms with Gasteiger partial charge in [0.05, 0.1) is 15.8 Å². The standard InChI is InChI=1S/C15H12ClN5O2S/c1-9(13(22)19-12-5-4-11(16)8-18-12)24-15-21-20-14(23-15)10-3-2-6-17-7-10/h2-9H,1H3,(H,18,19,22)/t9-/m1/s1. The van der Waals surface area contributed by atoms with Crippen LogP contribution < -0.4 is 5.32 Å². The van der Waals surface area contributed by atoms with Crippen LogP contribution in [-0.2, 0) is 4.79 Å². The molecule has 0 radical (unpaired) electrons. The number of aromatic nitrogens is 4. The fraction of sp³-hybridized carbons (Fsp3) is 0.133. The van der Waals surface area contributed by atoms with Crippen molar-refractivity contribution in [2.75, 3.05) is 5.32 Å². The molecule has 0 bridgehead atoms. The maximum Gasteiger partial charge on any atom is 0.277 e. The minimum atomic E-state index is -0.440. The molecule has 3 heterocycles. The van der Waals surface area contributed by atoms with Gasteiger partial charge in [-0.05, 0) is 31.2 Å². The van der Waals surface area contributed by atoms with E-state index in [0.29, 0.717) is 22.0 Å². The number of pyridine rings is 2. The van der Waals surface area contributed by atoms with E-state index in [1.165, 1.54) is 6.20 Å². The van der Waals surface area contributed by atoms with Gasteiger partial charge in [-0.3, -0.25) is 9.78 Å². The second-order valence-electron chi connectivity index (χ2n) is 4.73. The third-order valence-electron chi connectivity index (χ3n) is 2.94. The van der Waals surface area contributed by atoms with Gasteiger partial charge in [-0.15, -0.1) is 10.2 Å². The van der Waals surface area contributed by atoms with Gasteiger partial charge in [0.15, 0.2) is 0 Å². The first kappa shape index (κ1) is 16.4. The molecule has 1 N–H and O–H groups in total. The number of nitrogens with zero attached hydrogens (tertiary/aromatic N) is 4. The fourth-order valence-corrected chi connectivity index (χ4v) is 2.54. The summed E-state index contributed by atoms with van der Waals surface area (Å²) in [5, 5.41) is 11.0. The number of thioether (sulfide) groups is 1. The van der Waals surface area contributed by atoms with E-state index in [9.17, 15) is 4.79 Å². The van der Waals surface area contributed by atoms with E-state index < -0.39 is 5.25 Å². The molecule has 0 spiro atoms. The quantitative estimate of drug-likeness (QED) is 0.696. The number of rotatable bonds is 5. The van der Waals surface area contributed by atoms with E-state index in [2.05, 4.69) is 25.5 Å². The van der Waals surface area contributed by atoms with Crippen LogP contribution in [0.5, 0.6) is 0 Å². The number of halogens is 1. The molecule has 9 heteroatoms. The van der Waals surface area contributed by atoms with Crippen molar-refractivity contribution >= 4 is 35.1 Å². The molecule has 0 aliphatic heterocycles. The molecule has 0 fully saturated rings. The number of hydrogen-bond donors (Lipinski definition) is 1. The third-order valence-corrected chi connectivity index (χ3v) is 4.10. The Labute approximate surface area is 146 Å². The third kappa shape index (κ3) is 4.09. The Morgan fingerprint density at radius 1 is 1.29 bits per heavy atom. The fourth-order valence-electron chi connectivity index (χ4n) is 1.75. The van der Waals surface area contributed by atoms with Crippen molar-refractivity contribution in [2.45, 2.75) is 17.4 Å². The van der Waals surface area contributed by atoms with Crippen LogP contribution in [0.1, 0.15) is 6.92 Å². The van der Waals surface area contributed by atoms with E-state index in [4.69, 9.17) is 16.0 Å². The van der Waals surface area contributed by atoms with Crippen LogP contribution in [0, 0.1) is 0 Å². The van der Waals surface area contributed by atoms with Gasteiger partial charge in [0.25, 0.3) is 5.22 Å². The summed E-state index contributed by atoms with van der Waals surface area (Å²) >= 11 is 6.92. The zero-order chi connectivity index (χ0) is 16.9. The summed E-state index contributed by atoms with van der Waals surface area (Å²) in [5.41, 5.74) is 0.722. The molecule has 0 aliphatic rings. The molecule has 0 aromatic carbocycles. The summed E-state index contributed by atoms with van der Waals surface area (Å²) in [4.78, 5) is 20.2. The highest BCUT2D eigenvalue weighted by Crippen LogP contribution is 2.26. The molecule has 0 unspecified atom stereocenters. The van der Waals surface area contributed by atoms with E-state index in [1.807, 2.05) is 6.07 Å². The molecule has 3 aromatic rings. The number of hydrogen-bond acceptors (Lipinski definition) is 7. The van der Waals surface area contributed by atoms with Gasteiger partial charge in [-0.1, -0.05) is 23.4 Å². The smallest absolute Gasteiger partial charge is 0.277 e. The van der Waals surface area contributed by atoms with Crippen LogP contribution in [-0.4, -0.2) is 31.3 Å². The Hall–Kier alpha value is -2.45. The second kappa shape index (κ2) is 7.41. The number of carbonyl (C=O) groups is 1. The van der Waals surface area contributed by atoms with Gasteiger partial charge in [-0.2, -0.15) is 0 Å². The van der Waals surface area contributed by atoms with Crippen molar-refractivity contribution < 1.29 is 9.21 Å². The van der Waals surface area contributed by atoms with Crippen LogP contribution in [0.3, 0.4) is 0 Å². The minimum absolute atomic E-state index is 0.226. The highest BCUT2D eigenvalue weighted by atomic mass is 35.5. The molecule has 1 atom stereocenters. The first-order valence-electron chi connectivity index (χ1n) is 6.95.